The number of rotatable bonds is 5. The van der Waals surface area contributed by atoms with E-state index >= 15 is 0 Å². The van der Waals surface area contributed by atoms with E-state index in [4.69, 9.17) is 0 Å². The van der Waals surface area contributed by atoms with E-state index in [0.717, 1.165) is 18.7 Å². The summed E-state index contributed by atoms with van der Waals surface area (Å²) in [4.78, 5) is 16.6. The van der Waals surface area contributed by atoms with E-state index < -0.39 is 6.10 Å². The molecule has 2 heterocycles. The molecule has 2 atom stereocenters. The molecule has 1 N–H and O–H groups in total. The van der Waals surface area contributed by atoms with Crippen LogP contribution < -0.4 is 0 Å². The van der Waals surface area contributed by atoms with E-state index in [1.54, 1.807) is 10.9 Å². The third-order valence-electron chi connectivity index (χ3n) is 4.58. The first kappa shape index (κ1) is 16.7. The minimum Gasteiger partial charge on any atom is -0.387 e. The maximum Gasteiger partial charge on any atom is 0.247 e. The van der Waals surface area contributed by atoms with Gasteiger partial charge in [0.25, 0.3) is 0 Å². The topological polar surface area (TPSA) is 61.6 Å². The summed E-state index contributed by atoms with van der Waals surface area (Å²) in [5, 5.41) is 14.5. The number of aliphatic hydroxyl groups is 1. The van der Waals surface area contributed by atoms with Crippen LogP contribution in [0.2, 0.25) is 0 Å². The average Bonchev–Trinajstić information content (AvgIpc) is 3.16. The molecule has 0 spiro atoms. The molecule has 6 heteroatoms. The van der Waals surface area contributed by atoms with E-state index in [9.17, 15) is 9.90 Å². The van der Waals surface area contributed by atoms with Crippen molar-refractivity contribution in [2.45, 2.75) is 19.1 Å². The summed E-state index contributed by atoms with van der Waals surface area (Å²) < 4.78 is 1.69. The molecule has 1 aliphatic heterocycles. The van der Waals surface area contributed by atoms with Gasteiger partial charge >= 0.3 is 0 Å². The Kier molecular flexibility index (Phi) is 5.27. The van der Waals surface area contributed by atoms with E-state index in [1.165, 1.54) is 0 Å². The smallest absolute Gasteiger partial charge is 0.247 e. The van der Waals surface area contributed by atoms with Crippen molar-refractivity contribution in [2.75, 3.05) is 32.7 Å². The molecule has 1 aliphatic rings. The predicted molar refractivity (Wildman–Crippen MR) is 91.4 cm³/mol. The van der Waals surface area contributed by atoms with Crippen LogP contribution in [0, 0.1) is 0 Å². The van der Waals surface area contributed by atoms with E-state index in [1.807, 2.05) is 54.4 Å². The lowest BCUT2D eigenvalue weighted by atomic mass is 10.1. The van der Waals surface area contributed by atoms with Crippen LogP contribution >= 0.6 is 0 Å². The van der Waals surface area contributed by atoms with E-state index in [-0.39, 0.29) is 11.9 Å². The van der Waals surface area contributed by atoms with Gasteiger partial charge in [0.2, 0.25) is 5.91 Å². The number of nitrogens with zero attached hydrogens (tertiary/aromatic N) is 4. The van der Waals surface area contributed by atoms with Crippen LogP contribution in [-0.2, 0) is 4.79 Å². The molecule has 0 bridgehead atoms. The minimum atomic E-state index is -0.489. The third-order valence-corrected chi connectivity index (χ3v) is 4.58. The summed E-state index contributed by atoms with van der Waals surface area (Å²) in [5.74, 6) is 0.0990. The molecule has 1 amide bonds. The fraction of sp³-hybridized carbons (Fsp3) is 0.444. The number of hydrogen-bond acceptors (Lipinski definition) is 4. The molecule has 1 aromatic carbocycles. The Morgan fingerprint density at radius 3 is 2.50 bits per heavy atom. The second-order valence-electron chi connectivity index (χ2n) is 6.21. The van der Waals surface area contributed by atoms with Gasteiger partial charge in [-0.2, -0.15) is 5.10 Å². The first-order valence-electron chi connectivity index (χ1n) is 8.38. The molecule has 24 heavy (non-hydrogen) atoms. The zero-order valence-corrected chi connectivity index (χ0v) is 14.0. The van der Waals surface area contributed by atoms with Crippen LogP contribution in [0.4, 0.5) is 0 Å². The van der Waals surface area contributed by atoms with Gasteiger partial charge in [0, 0.05) is 45.1 Å². The van der Waals surface area contributed by atoms with E-state index in [2.05, 4.69) is 10.00 Å². The van der Waals surface area contributed by atoms with Gasteiger partial charge in [-0.3, -0.25) is 14.4 Å². The minimum absolute atomic E-state index is 0.0990. The Labute approximate surface area is 142 Å². The van der Waals surface area contributed by atoms with Crippen molar-refractivity contribution in [2.24, 2.45) is 0 Å². The lowest BCUT2D eigenvalue weighted by Crippen LogP contribution is -2.51. The van der Waals surface area contributed by atoms with Gasteiger partial charge in [0.15, 0.2) is 0 Å². The fourth-order valence-electron chi connectivity index (χ4n) is 3.06. The molecule has 1 fully saturated rings. The zero-order valence-electron chi connectivity index (χ0n) is 14.0. The van der Waals surface area contributed by atoms with Crippen molar-refractivity contribution in [3.8, 4) is 0 Å². The fourth-order valence-corrected chi connectivity index (χ4v) is 3.06. The monoisotopic (exact) mass is 328 g/mol. The summed E-state index contributed by atoms with van der Waals surface area (Å²) in [6.07, 6.45) is 3.01. The number of aromatic nitrogens is 2. The normalized spacial score (nSPS) is 18.3. The highest BCUT2D eigenvalue weighted by atomic mass is 16.3. The Hall–Kier alpha value is -2.18. The predicted octanol–water partition coefficient (Wildman–Crippen LogP) is 1.32. The molecular weight excluding hydrogens is 304 g/mol. The average molecular weight is 328 g/mol. The van der Waals surface area contributed by atoms with Crippen molar-refractivity contribution in [3.63, 3.8) is 0 Å². The van der Waals surface area contributed by atoms with Crippen LogP contribution in [-0.4, -0.2) is 63.3 Å². The lowest BCUT2D eigenvalue weighted by Gasteiger charge is -2.36. The van der Waals surface area contributed by atoms with Gasteiger partial charge in [-0.05, 0) is 18.6 Å². The molecule has 6 nitrogen and oxygen atoms in total. The number of carbonyl (C=O) groups is 1. The van der Waals surface area contributed by atoms with Gasteiger partial charge in [-0.1, -0.05) is 30.3 Å². The summed E-state index contributed by atoms with van der Waals surface area (Å²) >= 11 is 0. The summed E-state index contributed by atoms with van der Waals surface area (Å²) in [7, 11) is 0. The number of carbonyl (C=O) groups excluding carboxylic acids is 1. The van der Waals surface area contributed by atoms with Gasteiger partial charge in [0.05, 0.1) is 6.10 Å². The van der Waals surface area contributed by atoms with Gasteiger partial charge in [-0.15, -0.1) is 0 Å². The van der Waals surface area contributed by atoms with Crippen molar-refractivity contribution < 1.29 is 9.90 Å². The standard InChI is InChI=1S/C18H24N4O2/c1-15(22-9-5-8-19-22)18(24)21-12-10-20(11-13-21)14-17(23)16-6-3-2-4-7-16/h2-9,15,17,23H,10-14H2,1H3/t15-,17-/m0/s1. The number of hydrogen-bond donors (Lipinski definition) is 1. The van der Waals surface area contributed by atoms with Crippen molar-refractivity contribution in [1.82, 2.24) is 19.6 Å². The highest BCUT2D eigenvalue weighted by Crippen LogP contribution is 2.16. The van der Waals surface area contributed by atoms with Crippen molar-refractivity contribution in [3.05, 3.63) is 54.4 Å². The lowest BCUT2D eigenvalue weighted by molar-refractivity contribution is -0.136. The molecule has 1 saturated heterocycles. The van der Waals surface area contributed by atoms with Crippen LogP contribution in [0.5, 0.6) is 0 Å². The molecular formula is C18H24N4O2. The summed E-state index contributed by atoms with van der Waals surface area (Å²) in [6.45, 7) is 5.41. The molecule has 2 aromatic rings. The summed E-state index contributed by atoms with van der Waals surface area (Å²) in [6, 6.07) is 11.2. The van der Waals surface area contributed by atoms with Gasteiger partial charge < -0.3 is 10.0 Å². The Morgan fingerprint density at radius 1 is 1.17 bits per heavy atom. The Balaban J connectivity index is 1.50. The van der Waals surface area contributed by atoms with Crippen LogP contribution in [0.25, 0.3) is 0 Å². The SMILES string of the molecule is C[C@@H](C(=O)N1CCN(C[C@H](O)c2ccccc2)CC1)n1cccn1. The molecule has 3 rings (SSSR count). The van der Waals surface area contributed by atoms with Crippen LogP contribution in [0.15, 0.2) is 48.8 Å². The first-order valence-corrected chi connectivity index (χ1v) is 8.38. The Bertz CT molecular complexity index is 636. The van der Waals surface area contributed by atoms with Crippen molar-refractivity contribution in [1.29, 1.82) is 0 Å². The highest BCUT2D eigenvalue weighted by Gasteiger charge is 2.26. The maximum atomic E-state index is 12.5. The van der Waals surface area contributed by atoms with E-state index in [0.29, 0.717) is 19.6 Å². The number of benzene rings is 1. The number of aliphatic hydroxyl groups excluding tert-OH is 1. The summed E-state index contributed by atoms with van der Waals surface area (Å²) in [5.41, 5.74) is 0.934. The number of piperazine rings is 1. The molecule has 0 unspecified atom stereocenters. The number of amides is 1. The quantitative estimate of drug-likeness (QED) is 0.899. The van der Waals surface area contributed by atoms with Crippen LogP contribution in [0.3, 0.4) is 0 Å². The second-order valence-corrected chi connectivity index (χ2v) is 6.21. The second kappa shape index (κ2) is 7.59. The number of β-amino-alcohol motifs (C(OH)–C–C–N with tert-alkyl or cyclic N) is 1. The van der Waals surface area contributed by atoms with Gasteiger partial charge in [-0.25, -0.2) is 0 Å². The first-order chi connectivity index (χ1) is 11.6. The van der Waals surface area contributed by atoms with Crippen molar-refractivity contribution >= 4 is 5.91 Å². The Morgan fingerprint density at radius 2 is 1.88 bits per heavy atom. The van der Waals surface area contributed by atoms with Gasteiger partial charge in [0.1, 0.15) is 6.04 Å². The zero-order chi connectivity index (χ0) is 16.9. The van der Waals surface area contributed by atoms with Crippen LogP contribution in [0.1, 0.15) is 24.6 Å². The molecule has 1 aromatic heterocycles. The molecule has 0 radical (unpaired) electrons. The molecule has 0 saturated carbocycles. The molecule has 0 aliphatic carbocycles. The molecule has 128 valence electrons. The largest absolute Gasteiger partial charge is 0.387 e. The third kappa shape index (κ3) is 3.83. The maximum absolute atomic E-state index is 12.5. The highest BCUT2D eigenvalue weighted by molar-refractivity contribution is 5.80.